The molecule has 1 atom stereocenters. The quantitative estimate of drug-likeness (QED) is 0.750. The molecule has 2 aromatic rings. The number of rotatable bonds is 5. The van der Waals surface area contributed by atoms with Crippen LogP contribution in [0.25, 0.3) is 0 Å². The number of Topliss-reactive ketones (excluding diaryl/α,β-unsaturated/α-hetero) is 1. The van der Waals surface area contributed by atoms with E-state index >= 15 is 0 Å². The minimum atomic E-state index is -0.301. The van der Waals surface area contributed by atoms with Gasteiger partial charge in [-0.05, 0) is 49.8 Å². The molecule has 4 nitrogen and oxygen atoms in total. The zero-order valence-corrected chi connectivity index (χ0v) is 16.1. The van der Waals surface area contributed by atoms with Crippen LogP contribution >= 0.6 is 23.8 Å². The van der Waals surface area contributed by atoms with Crippen molar-refractivity contribution in [2.24, 2.45) is 0 Å². The number of benzene rings is 2. The maximum atomic E-state index is 12.1. The van der Waals surface area contributed by atoms with Crippen LogP contribution in [0.4, 0.5) is 0 Å². The number of hydrogen-bond acceptors (Lipinski definition) is 3. The Kier molecular flexibility index (Phi) is 5.59. The van der Waals surface area contributed by atoms with Gasteiger partial charge in [-0.1, -0.05) is 41.9 Å². The zero-order chi connectivity index (χ0) is 18.7. The minimum Gasteiger partial charge on any atom is -0.489 e. The first-order valence-corrected chi connectivity index (χ1v) is 8.99. The van der Waals surface area contributed by atoms with Gasteiger partial charge in [-0.15, -0.1) is 0 Å². The number of ether oxygens (including phenoxy) is 1. The molecule has 0 bridgehead atoms. The van der Waals surface area contributed by atoms with Crippen LogP contribution in [-0.4, -0.2) is 10.9 Å². The van der Waals surface area contributed by atoms with Crippen molar-refractivity contribution >= 4 is 34.7 Å². The fourth-order valence-electron chi connectivity index (χ4n) is 2.97. The summed E-state index contributed by atoms with van der Waals surface area (Å²) in [6, 6.07) is 14.9. The van der Waals surface area contributed by atoms with Gasteiger partial charge in [0.2, 0.25) is 0 Å². The van der Waals surface area contributed by atoms with E-state index in [0.717, 1.165) is 16.8 Å². The van der Waals surface area contributed by atoms with E-state index < -0.39 is 0 Å². The van der Waals surface area contributed by atoms with Crippen molar-refractivity contribution in [3.63, 3.8) is 0 Å². The molecule has 0 saturated carbocycles. The van der Waals surface area contributed by atoms with Gasteiger partial charge in [-0.3, -0.25) is 4.79 Å². The molecule has 1 aliphatic heterocycles. The Labute approximate surface area is 163 Å². The molecule has 1 heterocycles. The largest absolute Gasteiger partial charge is 0.489 e. The summed E-state index contributed by atoms with van der Waals surface area (Å²) in [5.41, 5.74) is 3.27. The Morgan fingerprint density at radius 1 is 1.23 bits per heavy atom. The number of carbonyl (C=O) groups excluding carboxylic acids is 1. The molecule has 1 aliphatic rings. The molecule has 0 fully saturated rings. The van der Waals surface area contributed by atoms with E-state index in [2.05, 4.69) is 10.6 Å². The average Bonchev–Trinajstić information content (AvgIpc) is 2.60. The second-order valence-electron chi connectivity index (χ2n) is 6.08. The summed E-state index contributed by atoms with van der Waals surface area (Å²) in [6.07, 6.45) is 0. The van der Waals surface area contributed by atoms with Crippen molar-refractivity contribution < 1.29 is 9.53 Å². The van der Waals surface area contributed by atoms with E-state index in [9.17, 15) is 4.79 Å². The molecular weight excluding hydrogens is 368 g/mol. The molecule has 2 aromatic carbocycles. The Morgan fingerprint density at radius 2 is 2.00 bits per heavy atom. The number of nitrogens with one attached hydrogen (secondary N) is 2. The molecule has 1 unspecified atom stereocenters. The number of allylic oxidation sites excluding steroid dienone is 1. The molecule has 0 aromatic heterocycles. The highest BCUT2D eigenvalue weighted by Crippen LogP contribution is 2.29. The lowest BCUT2D eigenvalue weighted by molar-refractivity contribution is -0.114. The van der Waals surface area contributed by atoms with Gasteiger partial charge in [-0.25, -0.2) is 0 Å². The Bertz CT molecular complexity index is 895. The predicted octanol–water partition coefficient (Wildman–Crippen LogP) is 4.30. The summed E-state index contributed by atoms with van der Waals surface area (Å²) in [5.74, 6) is 0.701. The van der Waals surface area contributed by atoms with Crippen LogP contribution in [-0.2, 0) is 11.4 Å². The number of ketones is 1. The van der Waals surface area contributed by atoms with E-state index in [-0.39, 0.29) is 11.8 Å². The zero-order valence-electron chi connectivity index (χ0n) is 14.5. The van der Waals surface area contributed by atoms with Gasteiger partial charge >= 0.3 is 0 Å². The standard InChI is InChI=1S/C20H19ClN2O2S/c1-12-18(13(2)24)19(23-20(26)22-12)14-7-5-8-16(10-14)25-11-15-6-3-4-9-17(15)21/h3-10,19H,11H2,1-2H3,(H2,22,23,26). The van der Waals surface area contributed by atoms with Crippen molar-refractivity contribution in [1.29, 1.82) is 0 Å². The van der Waals surface area contributed by atoms with Gasteiger partial charge in [0, 0.05) is 21.9 Å². The lowest BCUT2D eigenvalue weighted by Crippen LogP contribution is -2.44. The lowest BCUT2D eigenvalue weighted by Gasteiger charge is -2.30. The van der Waals surface area contributed by atoms with Gasteiger partial charge in [0.1, 0.15) is 12.4 Å². The summed E-state index contributed by atoms with van der Waals surface area (Å²) >= 11 is 11.4. The molecule has 0 saturated heterocycles. The Morgan fingerprint density at radius 3 is 2.73 bits per heavy atom. The molecule has 2 N–H and O–H groups in total. The van der Waals surface area contributed by atoms with E-state index in [1.54, 1.807) is 6.92 Å². The summed E-state index contributed by atoms with van der Waals surface area (Å²) in [7, 11) is 0. The smallest absolute Gasteiger partial charge is 0.171 e. The highest BCUT2D eigenvalue weighted by Gasteiger charge is 2.27. The first-order valence-electron chi connectivity index (χ1n) is 8.21. The molecule has 26 heavy (non-hydrogen) atoms. The molecule has 3 rings (SSSR count). The van der Waals surface area contributed by atoms with Crippen LogP contribution < -0.4 is 15.4 Å². The normalized spacial score (nSPS) is 16.7. The topological polar surface area (TPSA) is 50.4 Å². The third kappa shape index (κ3) is 4.06. The average molecular weight is 387 g/mol. The minimum absolute atomic E-state index is 0.00242. The molecule has 134 valence electrons. The van der Waals surface area contributed by atoms with Gasteiger partial charge < -0.3 is 15.4 Å². The van der Waals surface area contributed by atoms with Crippen LogP contribution in [0.2, 0.25) is 5.02 Å². The second kappa shape index (κ2) is 7.89. The second-order valence-corrected chi connectivity index (χ2v) is 6.89. The van der Waals surface area contributed by atoms with Crippen LogP contribution in [0.1, 0.15) is 31.0 Å². The summed E-state index contributed by atoms with van der Waals surface area (Å²) < 4.78 is 5.89. The van der Waals surface area contributed by atoms with Crippen LogP contribution in [0.3, 0.4) is 0 Å². The highest BCUT2D eigenvalue weighted by molar-refractivity contribution is 7.80. The van der Waals surface area contributed by atoms with Crippen molar-refractivity contribution in [3.8, 4) is 5.75 Å². The van der Waals surface area contributed by atoms with Gasteiger partial charge in [0.15, 0.2) is 10.9 Å². The molecule has 0 aliphatic carbocycles. The molecule has 6 heteroatoms. The van der Waals surface area contributed by atoms with Crippen molar-refractivity contribution in [1.82, 2.24) is 10.6 Å². The first-order chi connectivity index (χ1) is 12.5. The molecule has 0 spiro atoms. The molecular formula is C20H19ClN2O2S. The van der Waals surface area contributed by atoms with Gasteiger partial charge in [0.05, 0.1) is 6.04 Å². The maximum Gasteiger partial charge on any atom is 0.171 e. The summed E-state index contributed by atoms with van der Waals surface area (Å²) in [4.78, 5) is 12.1. The first kappa shape index (κ1) is 18.4. The van der Waals surface area contributed by atoms with E-state index in [1.807, 2.05) is 55.5 Å². The van der Waals surface area contributed by atoms with Crippen LogP contribution in [0, 0.1) is 0 Å². The monoisotopic (exact) mass is 386 g/mol. The fraction of sp³-hybridized carbons (Fsp3) is 0.200. The van der Waals surface area contributed by atoms with Crippen molar-refractivity contribution in [2.75, 3.05) is 0 Å². The SMILES string of the molecule is CC(=O)C1=C(C)NC(=S)NC1c1cccc(OCc2ccccc2Cl)c1. The van der Waals surface area contributed by atoms with Crippen LogP contribution in [0.15, 0.2) is 59.8 Å². The lowest BCUT2D eigenvalue weighted by atomic mass is 9.93. The number of hydrogen-bond donors (Lipinski definition) is 2. The van der Waals surface area contributed by atoms with Crippen molar-refractivity contribution in [2.45, 2.75) is 26.5 Å². The van der Waals surface area contributed by atoms with Crippen LogP contribution in [0.5, 0.6) is 5.75 Å². The third-order valence-corrected chi connectivity index (χ3v) is 4.78. The highest BCUT2D eigenvalue weighted by atomic mass is 35.5. The van der Waals surface area contributed by atoms with Crippen molar-refractivity contribution in [3.05, 3.63) is 76.0 Å². The van der Waals surface area contributed by atoms with E-state index in [0.29, 0.717) is 28.1 Å². The molecule has 0 radical (unpaired) electrons. The fourth-order valence-corrected chi connectivity index (χ4v) is 3.43. The van der Waals surface area contributed by atoms with Gasteiger partial charge in [0.25, 0.3) is 0 Å². The number of carbonyl (C=O) groups is 1. The van der Waals surface area contributed by atoms with Gasteiger partial charge in [-0.2, -0.15) is 0 Å². The number of halogens is 1. The molecule has 0 amide bonds. The number of thiocarbonyl (C=S) groups is 1. The van der Waals surface area contributed by atoms with E-state index in [4.69, 9.17) is 28.6 Å². The summed E-state index contributed by atoms with van der Waals surface area (Å²) in [5, 5.41) is 7.35. The summed E-state index contributed by atoms with van der Waals surface area (Å²) in [6.45, 7) is 3.78. The maximum absolute atomic E-state index is 12.1. The third-order valence-electron chi connectivity index (χ3n) is 4.19. The Balaban J connectivity index is 1.84. The Hall–Kier alpha value is -2.37. The predicted molar refractivity (Wildman–Crippen MR) is 107 cm³/mol. The van der Waals surface area contributed by atoms with E-state index in [1.165, 1.54) is 0 Å².